The number of benzene rings is 2. The van der Waals surface area contributed by atoms with Crippen molar-refractivity contribution in [2.45, 2.75) is 38.7 Å². The Morgan fingerprint density at radius 2 is 1.97 bits per heavy atom. The molecule has 164 valence electrons. The van der Waals surface area contributed by atoms with Crippen molar-refractivity contribution in [3.05, 3.63) is 78.1 Å². The van der Waals surface area contributed by atoms with E-state index in [2.05, 4.69) is 15.2 Å². The maximum atomic E-state index is 12.3. The first kappa shape index (κ1) is 20.3. The smallest absolute Gasteiger partial charge is 0.221 e. The normalized spacial score (nSPS) is 19.6. The summed E-state index contributed by atoms with van der Waals surface area (Å²) in [6.45, 7) is 2.39. The molecule has 0 spiro atoms. The molecule has 1 saturated heterocycles. The number of carbonyl (C=O) groups is 1. The lowest BCUT2D eigenvalue weighted by atomic mass is 10.2. The van der Waals surface area contributed by atoms with Gasteiger partial charge in [-0.25, -0.2) is 0 Å². The highest BCUT2D eigenvalue weighted by atomic mass is 16.5. The van der Waals surface area contributed by atoms with Crippen LogP contribution in [0.5, 0.6) is 11.5 Å². The van der Waals surface area contributed by atoms with E-state index >= 15 is 0 Å². The molecule has 5 rings (SSSR count). The van der Waals surface area contributed by atoms with E-state index in [-0.39, 0.29) is 24.8 Å². The van der Waals surface area contributed by atoms with Gasteiger partial charge in [0.15, 0.2) is 0 Å². The molecule has 1 fully saturated rings. The first-order valence-electron chi connectivity index (χ1n) is 10.9. The minimum atomic E-state index is -0.171. The molecule has 3 aromatic rings. The molecule has 2 unspecified atom stereocenters. The maximum absolute atomic E-state index is 12.3. The van der Waals surface area contributed by atoms with Gasteiger partial charge in [-0.15, -0.1) is 0 Å². The second-order valence-electron chi connectivity index (χ2n) is 8.13. The zero-order valence-corrected chi connectivity index (χ0v) is 17.9. The Morgan fingerprint density at radius 1 is 1.16 bits per heavy atom. The van der Waals surface area contributed by atoms with Gasteiger partial charge in [-0.1, -0.05) is 18.2 Å². The van der Waals surface area contributed by atoms with Gasteiger partial charge in [0.25, 0.3) is 0 Å². The van der Waals surface area contributed by atoms with E-state index in [4.69, 9.17) is 4.74 Å². The highest BCUT2D eigenvalue weighted by Crippen LogP contribution is 2.46. The first-order valence-corrected chi connectivity index (χ1v) is 10.9. The zero-order chi connectivity index (χ0) is 22.1. The van der Waals surface area contributed by atoms with Gasteiger partial charge in [0.05, 0.1) is 23.7 Å². The molecule has 0 radical (unpaired) electrons. The fourth-order valence-corrected chi connectivity index (χ4v) is 4.56. The van der Waals surface area contributed by atoms with Crippen molar-refractivity contribution >= 4 is 17.3 Å². The highest BCUT2D eigenvalue weighted by Gasteiger charge is 2.41. The number of fused-ring (bicyclic) bond motifs is 1. The predicted octanol–water partition coefficient (Wildman–Crippen LogP) is 4.27. The third kappa shape index (κ3) is 3.76. The average Bonchev–Trinajstić information content (AvgIpc) is 3.44. The quantitative estimate of drug-likeness (QED) is 0.630. The van der Waals surface area contributed by atoms with Gasteiger partial charge in [-0.3, -0.25) is 9.78 Å². The number of hydrogen-bond donors (Lipinski definition) is 2. The fourth-order valence-electron chi connectivity index (χ4n) is 4.56. The van der Waals surface area contributed by atoms with Crippen LogP contribution in [0.15, 0.2) is 66.9 Å². The summed E-state index contributed by atoms with van der Waals surface area (Å²) < 4.78 is 6.10. The third-order valence-corrected chi connectivity index (χ3v) is 6.07. The highest BCUT2D eigenvalue weighted by molar-refractivity contribution is 5.80. The number of pyridine rings is 1. The summed E-state index contributed by atoms with van der Waals surface area (Å²) >= 11 is 0. The van der Waals surface area contributed by atoms with Crippen LogP contribution in [0.25, 0.3) is 0 Å². The molecule has 1 aromatic heterocycles. The van der Waals surface area contributed by atoms with E-state index in [0.29, 0.717) is 11.5 Å². The summed E-state index contributed by atoms with van der Waals surface area (Å²) in [5.41, 5.74) is 3.72. The number of rotatable bonds is 5. The molecule has 2 atom stereocenters. The first-order chi connectivity index (χ1) is 15.6. The minimum absolute atomic E-state index is 0.00268. The van der Waals surface area contributed by atoms with Crippen molar-refractivity contribution in [2.75, 3.05) is 16.8 Å². The maximum Gasteiger partial charge on any atom is 0.221 e. The number of likely N-dealkylation sites (tertiary alicyclic amines) is 1. The molecule has 0 bridgehead atoms. The second kappa shape index (κ2) is 8.51. The van der Waals surface area contributed by atoms with E-state index in [9.17, 15) is 9.90 Å². The van der Waals surface area contributed by atoms with Crippen molar-refractivity contribution in [2.24, 2.45) is 0 Å². The Kier molecular flexibility index (Phi) is 5.41. The van der Waals surface area contributed by atoms with Crippen LogP contribution in [0.1, 0.15) is 37.2 Å². The number of hydrogen-bond acceptors (Lipinski definition) is 6. The standard InChI is InChI=1S/C25H26N4O3/c1-17(31)28-14-4-6-24(28)29-23-15-20(32-19-9-7-18(16-30)8-10-19)11-12-21(23)27-25(29)22-5-2-3-13-26-22/h2-3,5,7-13,15,24-25,27,30H,4,6,14,16H2,1H3. The van der Waals surface area contributed by atoms with Crippen LogP contribution in [0.3, 0.4) is 0 Å². The molecular weight excluding hydrogens is 404 g/mol. The van der Waals surface area contributed by atoms with Gasteiger partial charge < -0.3 is 25.0 Å². The monoisotopic (exact) mass is 430 g/mol. The van der Waals surface area contributed by atoms with Crippen LogP contribution in [-0.2, 0) is 11.4 Å². The lowest BCUT2D eigenvalue weighted by Crippen LogP contribution is -2.48. The third-order valence-electron chi connectivity index (χ3n) is 6.07. The van der Waals surface area contributed by atoms with Crippen LogP contribution >= 0.6 is 0 Å². The van der Waals surface area contributed by atoms with Crippen molar-refractivity contribution in [3.63, 3.8) is 0 Å². The Hall–Kier alpha value is -3.58. The fraction of sp³-hybridized carbons (Fsp3) is 0.280. The van der Waals surface area contributed by atoms with Gasteiger partial charge in [0.2, 0.25) is 5.91 Å². The molecule has 7 nitrogen and oxygen atoms in total. The minimum Gasteiger partial charge on any atom is -0.457 e. The summed E-state index contributed by atoms with van der Waals surface area (Å²) in [4.78, 5) is 21.1. The summed E-state index contributed by atoms with van der Waals surface area (Å²) in [5.74, 6) is 1.49. The number of aromatic nitrogens is 1. The molecule has 2 aliphatic rings. The van der Waals surface area contributed by atoms with Crippen molar-refractivity contribution < 1.29 is 14.6 Å². The Morgan fingerprint density at radius 3 is 2.69 bits per heavy atom. The van der Waals surface area contributed by atoms with Gasteiger partial charge in [0.1, 0.15) is 23.8 Å². The largest absolute Gasteiger partial charge is 0.457 e. The molecule has 32 heavy (non-hydrogen) atoms. The molecule has 2 N–H and O–H groups in total. The van der Waals surface area contributed by atoms with Gasteiger partial charge in [0, 0.05) is 25.7 Å². The topological polar surface area (TPSA) is 77.9 Å². The van der Waals surface area contributed by atoms with Crippen molar-refractivity contribution in [1.82, 2.24) is 9.88 Å². The Balaban J connectivity index is 1.50. The van der Waals surface area contributed by atoms with Crippen LogP contribution < -0.4 is 15.0 Å². The molecule has 2 aromatic carbocycles. The molecule has 0 saturated carbocycles. The summed E-state index contributed by atoms with van der Waals surface area (Å²) in [5, 5.41) is 12.8. The molecule has 0 aliphatic carbocycles. The summed E-state index contributed by atoms with van der Waals surface area (Å²) in [6, 6.07) is 19.2. The van der Waals surface area contributed by atoms with Crippen LogP contribution in [0, 0.1) is 0 Å². The van der Waals surface area contributed by atoms with E-state index in [1.54, 1.807) is 13.1 Å². The predicted molar refractivity (Wildman–Crippen MR) is 122 cm³/mol. The number of carbonyl (C=O) groups excluding carboxylic acids is 1. The average molecular weight is 431 g/mol. The summed E-state index contributed by atoms with van der Waals surface area (Å²) in [7, 11) is 0. The van der Waals surface area contributed by atoms with Crippen LogP contribution in [0.4, 0.5) is 11.4 Å². The SMILES string of the molecule is CC(=O)N1CCCC1N1c2cc(Oc3ccc(CO)cc3)ccc2NC1c1ccccn1. The van der Waals surface area contributed by atoms with Crippen LogP contribution in [-0.4, -0.2) is 33.6 Å². The Labute approximate surface area is 187 Å². The molecule has 3 heterocycles. The molecular formula is C25H26N4O3. The number of nitrogens with one attached hydrogen (secondary N) is 1. The zero-order valence-electron chi connectivity index (χ0n) is 17.9. The van der Waals surface area contributed by atoms with E-state index < -0.39 is 0 Å². The molecule has 2 aliphatic heterocycles. The lowest BCUT2D eigenvalue weighted by Gasteiger charge is -2.37. The van der Waals surface area contributed by atoms with E-state index in [1.165, 1.54) is 0 Å². The van der Waals surface area contributed by atoms with Gasteiger partial charge in [-0.2, -0.15) is 0 Å². The molecule has 1 amide bonds. The van der Waals surface area contributed by atoms with Gasteiger partial charge >= 0.3 is 0 Å². The Bertz CT molecular complexity index is 1100. The number of aliphatic hydroxyl groups excluding tert-OH is 1. The second-order valence-corrected chi connectivity index (χ2v) is 8.13. The molecule has 7 heteroatoms. The number of amides is 1. The number of aliphatic hydroxyl groups is 1. The van der Waals surface area contributed by atoms with E-state index in [0.717, 1.165) is 42.0 Å². The lowest BCUT2D eigenvalue weighted by molar-refractivity contribution is -0.129. The van der Waals surface area contributed by atoms with Crippen LogP contribution in [0.2, 0.25) is 0 Å². The van der Waals surface area contributed by atoms with Gasteiger partial charge in [-0.05, 0) is 54.8 Å². The number of anilines is 2. The number of ether oxygens (including phenoxy) is 1. The summed E-state index contributed by atoms with van der Waals surface area (Å²) in [6.07, 6.45) is 3.44. The number of nitrogens with zero attached hydrogens (tertiary/aromatic N) is 3. The van der Waals surface area contributed by atoms with Crippen molar-refractivity contribution in [1.29, 1.82) is 0 Å². The van der Waals surface area contributed by atoms with Crippen molar-refractivity contribution in [3.8, 4) is 11.5 Å². The van der Waals surface area contributed by atoms with E-state index in [1.807, 2.05) is 65.6 Å².